The van der Waals surface area contributed by atoms with Crippen LogP contribution in [0.3, 0.4) is 0 Å². The highest BCUT2D eigenvalue weighted by Crippen LogP contribution is 2.41. The maximum Gasteiger partial charge on any atom is 0.407 e. The number of fused-ring (bicyclic) bond motifs is 1. The van der Waals surface area contributed by atoms with Crippen molar-refractivity contribution in [2.45, 2.75) is 51.2 Å². The number of aryl methyl sites for hydroxylation is 1. The summed E-state index contributed by atoms with van der Waals surface area (Å²) in [5.41, 5.74) is 3.49. The summed E-state index contributed by atoms with van der Waals surface area (Å²) < 4.78 is 35.0. The fraction of sp³-hybridized carbons (Fsp3) is 0.323. The highest BCUT2D eigenvalue weighted by atomic mass is 35.5. The Morgan fingerprint density at radius 2 is 1.71 bits per heavy atom. The molecule has 7 nitrogen and oxygen atoms in total. The molecule has 11 heteroatoms. The van der Waals surface area contributed by atoms with Crippen molar-refractivity contribution in [3.63, 3.8) is 0 Å². The summed E-state index contributed by atoms with van der Waals surface area (Å²) in [6, 6.07) is 11.2. The molecule has 220 valence electrons. The van der Waals surface area contributed by atoms with Gasteiger partial charge in [0.15, 0.2) is 0 Å². The van der Waals surface area contributed by atoms with E-state index in [-0.39, 0.29) is 38.6 Å². The molecule has 0 radical (unpaired) electrons. The SMILES string of the molecule is COc1ccc(-c2ccnc(C)c2)cc1CN(C(=O)c1sc2c(F)ccc(F)c2c1Cl)C1CCC(N(C)C(=O)O)CC1. The Hall–Kier alpha value is -3.76. The van der Waals surface area contributed by atoms with Gasteiger partial charge in [0.1, 0.15) is 22.3 Å². The van der Waals surface area contributed by atoms with Crippen molar-refractivity contribution in [2.24, 2.45) is 0 Å². The van der Waals surface area contributed by atoms with Crippen LogP contribution in [0.4, 0.5) is 13.6 Å². The maximum absolute atomic E-state index is 14.7. The number of amides is 2. The van der Waals surface area contributed by atoms with E-state index in [1.54, 1.807) is 25.3 Å². The molecule has 1 fully saturated rings. The topological polar surface area (TPSA) is 83.0 Å². The lowest BCUT2D eigenvalue weighted by molar-refractivity contribution is 0.0555. The number of halogens is 3. The van der Waals surface area contributed by atoms with E-state index in [0.717, 1.165) is 45.9 Å². The number of carboxylic acid groups (broad SMARTS) is 1. The predicted octanol–water partition coefficient (Wildman–Crippen LogP) is 7.78. The summed E-state index contributed by atoms with van der Waals surface area (Å²) in [5, 5.41) is 9.23. The molecule has 4 aromatic rings. The Morgan fingerprint density at radius 3 is 2.36 bits per heavy atom. The molecule has 0 unspecified atom stereocenters. The summed E-state index contributed by atoms with van der Waals surface area (Å²) in [7, 11) is 3.11. The summed E-state index contributed by atoms with van der Waals surface area (Å²) >= 11 is 7.38. The summed E-state index contributed by atoms with van der Waals surface area (Å²) in [5.74, 6) is -1.20. The van der Waals surface area contributed by atoms with Crippen molar-refractivity contribution in [3.8, 4) is 16.9 Å². The average Bonchev–Trinajstić information content (AvgIpc) is 3.35. The van der Waals surface area contributed by atoms with E-state index in [1.165, 1.54) is 4.90 Å². The second-order valence-corrected chi connectivity index (χ2v) is 11.9. The fourth-order valence-corrected chi connectivity index (χ4v) is 7.14. The highest BCUT2D eigenvalue weighted by Gasteiger charge is 2.34. The van der Waals surface area contributed by atoms with Gasteiger partial charge in [-0.05, 0) is 80.1 Å². The van der Waals surface area contributed by atoms with Crippen LogP contribution in [0.2, 0.25) is 5.02 Å². The molecule has 1 N–H and O–H groups in total. The van der Waals surface area contributed by atoms with Gasteiger partial charge in [0.05, 0.1) is 22.2 Å². The van der Waals surface area contributed by atoms with Crippen molar-refractivity contribution in [1.82, 2.24) is 14.8 Å². The molecule has 2 amide bonds. The smallest absolute Gasteiger partial charge is 0.407 e. The van der Waals surface area contributed by atoms with Gasteiger partial charge in [0, 0.05) is 43.1 Å². The number of hydrogen-bond acceptors (Lipinski definition) is 5. The summed E-state index contributed by atoms with van der Waals surface area (Å²) in [4.78, 5) is 33.1. The quantitative estimate of drug-likeness (QED) is 0.230. The molecule has 1 aliphatic carbocycles. The molecule has 42 heavy (non-hydrogen) atoms. The number of benzene rings is 2. The van der Waals surface area contributed by atoms with Crippen LogP contribution >= 0.6 is 22.9 Å². The number of pyridine rings is 1. The average molecular weight is 614 g/mol. The van der Waals surface area contributed by atoms with Crippen LogP contribution in [0.1, 0.15) is 46.6 Å². The standard InChI is InChI=1S/C31H30ClF2N3O4S/c1-17-14-19(12-13-35-17)18-4-11-25(41-3)20(15-18)16-37(22-7-5-21(6-8-22)36(2)31(39)40)30(38)29-27(32)26-23(33)9-10-24(34)28(26)42-29/h4,9-15,21-22H,5-8,16H2,1-3H3,(H,39,40). The van der Waals surface area contributed by atoms with Gasteiger partial charge in [-0.15, -0.1) is 11.3 Å². The molecule has 0 spiro atoms. The van der Waals surface area contributed by atoms with Gasteiger partial charge in [-0.1, -0.05) is 17.7 Å². The van der Waals surface area contributed by atoms with Crippen LogP contribution in [-0.2, 0) is 6.54 Å². The predicted molar refractivity (Wildman–Crippen MR) is 159 cm³/mol. The number of carbonyl (C=O) groups is 2. The second-order valence-electron chi connectivity index (χ2n) is 10.5. The van der Waals surface area contributed by atoms with E-state index in [2.05, 4.69) is 4.98 Å². The van der Waals surface area contributed by atoms with E-state index in [0.29, 0.717) is 31.4 Å². The van der Waals surface area contributed by atoms with Crippen molar-refractivity contribution < 1.29 is 28.2 Å². The zero-order valence-electron chi connectivity index (χ0n) is 23.4. The summed E-state index contributed by atoms with van der Waals surface area (Å²) in [6.07, 6.45) is 2.96. The van der Waals surface area contributed by atoms with Crippen LogP contribution in [0.5, 0.6) is 5.75 Å². The Balaban J connectivity index is 1.55. The molecule has 0 bridgehead atoms. The molecule has 2 aromatic carbocycles. The van der Waals surface area contributed by atoms with Crippen LogP contribution in [0.15, 0.2) is 48.7 Å². The monoisotopic (exact) mass is 613 g/mol. The third-order valence-electron chi connectivity index (χ3n) is 7.94. The van der Waals surface area contributed by atoms with Crippen LogP contribution in [0.25, 0.3) is 21.2 Å². The van der Waals surface area contributed by atoms with E-state index < -0.39 is 23.6 Å². The first-order valence-electron chi connectivity index (χ1n) is 13.5. The highest BCUT2D eigenvalue weighted by molar-refractivity contribution is 7.21. The van der Waals surface area contributed by atoms with Crippen molar-refractivity contribution in [1.29, 1.82) is 0 Å². The fourth-order valence-electron chi connectivity index (χ4n) is 5.64. The zero-order valence-corrected chi connectivity index (χ0v) is 24.9. The van der Waals surface area contributed by atoms with E-state index >= 15 is 0 Å². The van der Waals surface area contributed by atoms with Gasteiger partial charge in [-0.25, -0.2) is 13.6 Å². The van der Waals surface area contributed by atoms with Gasteiger partial charge in [0.2, 0.25) is 0 Å². The van der Waals surface area contributed by atoms with Gasteiger partial charge in [0.25, 0.3) is 5.91 Å². The Morgan fingerprint density at radius 1 is 1.05 bits per heavy atom. The Labute approximate surface area is 251 Å². The first-order chi connectivity index (χ1) is 20.1. The van der Waals surface area contributed by atoms with Crippen LogP contribution in [-0.4, -0.2) is 58.1 Å². The molecule has 1 saturated carbocycles. The molecular weight excluding hydrogens is 584 g/mol. The molecule has 2 aromatic heterocycles. The molecule has 5 rings (SSSR count). The second kappa shape index (κ2) is 12.2. The van der Waals surface area contributed by atoms with E-state index in [4.69, 9.17) is 16.3 Å². The lowest BCUT2D eigenvalue weighted by atomic mass is 9.89. The largest absolute Gasteiger partial charge is 0.496 e. The number of nitrogens with zero attached hydrogens (tertiary/aromatic N) is 3. The number of hydrogen-bond donors (Lipinski definition) is 1. The summed E-state index contributed by atoms with van der Waals surface area (Å²) in [6.45, 7) is 2.06. The van der Waals surface area contributed by atoms with Crippen LogP contribution in [0, 0.1) is 18.6 Å². The first kappa shape index (κ1) is 29.7. The normalized spacial score (nSPS) is 16.8. The van der Waals surface area contributed by atoms with E-state index in [9.17, 15) is 23.5 Å². The van der Waals surface area contributed by atoms with Crippen LogP contribution < -0.4 is 4.74 Å². The molecule has 0 aliphatic heterocycles. The first-order valence-corrected chi connectivity index (χ1v) is 14.7. The van der Waals surface area contributed by atoms with Crippen molar-refractivity contribution in [3.05, 3.63) is 81.5 Å². The van der Waals surface area contributed by atoms with Crippen molar-refractivity contribution >= 4 is 45.0 Å². The lowest BCUT2D eigenvalue weighted by Gasteiger charge is -2.39. The Bertz CT molecular complexity index is 1650. The van der Waals surface area contributed by atoms with Gasteiger partial charge in [-0.3, -0.25) is 9.78 Å². The molecular formula is C31H30ClF2N3O4S. The molecule has 1 aliphatic rings. The third-order valence-corrected chi connectivity index (χ3v) is 9.62. The number of carbonyl (C=O) groups excluding carboxylic acids is 1. The lowest BCUT2D eigenvalue weighted by Crippen LogP contribution is -2.46. The minimum absolute atomic E-state index is 0.0114. The Kier molecular flexibility index (Phi) is 8.65. The number of aromatic nitrogens is 1. The maximum atomic E-state index is 14.7. The minimum Gasteiger partial charge on any atom is -0.496 e. The zero-order chi connectivity index (χ0) is 30.1. The number of rotatable bonds is 7. The number of methoxy groups -OCH3 is 1. The third kappa shape index (κ3) is 5.78. The number of ether oxygens (including phenoxy) is 1. The van der Waals surface area contributed by atoms with Gasteiger partial charge < -0.3 is 19.6 Å². The molecule has 0 saturated heterocycles. The molecule has 0 atom stereocenters. The van der Waals surface area contributed by atoms with E-state index in [1.807, 2.05) is 37.3 Å². The minimum atomic E-state index is -1.000. The molecule has 2 heterocycles. The van der Waals surface area contributed by atoms with Crippen molar-refractivity contribution in [2.75, 3.05) is 14.2 Å². The van der Waals surface area contributed by atoms with Gasteiger partial charge >= 0.3 is 6.09 Å². The number of thiophene rings is 1. The van der Waals surface area contributed by atoms with Gasteiger partial charge in [-0.2, -0.15) is 0 Å².